The normalized spacial score (nSPS) is 29.9. The third-order valence-corrected chi connectivity index (χ3v) is 4.88. The molecule has 1 N–H and O–H groups in total. The number of rotatable bonds is 5. The van der Waals surface area contributed by atoms with Crippen molar-refractivity contribution in [1.29, 1.82) is 0 Å². The third kappa shape index (κ3) is 2.75. The predicted molar refractivity (Wildman–Crippen MR) is 82.0 cm³/mol. The van der Waals surface area contributed by atoms with Crippen molar-refractivity contribution < 1.29 is 4.74 Å². The summed E-state index contributed by atoms with van der Waals surface area (Å²) >= 11 is 6.29. The molecule has 2 rings (SSSR count). The molecular formula is C16H24ClNO. The van der Waals surface area contributed by atoms with Crippen LogP contribution in [0.1, 0.15) is 39.2 Å². The van der Waals surface area contributed by atoms with Gasteiger partial charge in [-0.05, 0) is 44.4 Å². The summed E-state index contributed by atoms with van der Waals surface area (Å²) in [5, 5.41) is 4.40. The zero-order valence-electron chi connectivity index (χ0n) is 12.3. The van der Waals surface area contributed by atoms with Gasteiger partial charge in [-0.2, -0.15) is 0 Å². The van der Waals surface area contributed by atoms with Crippen molar-refractivity contribution in [3.05, 3.63) is 28.8 Å². The minimum Gasteiger partial charge on any atom is -0.380 e. The zero-order valence-corrected chi connectivity index (χ0v) is 13.1. The Balaban J connectivity index is 2.08. The highest BCUT2D eigenvalue weighted by molar-refractivity contribution is 6.33. The molecule has 1 aromatic rings. The number of hydrogen-bond donors (Lipinski definition) is 1. The number of nitrogens with one attached hydrogen (secondary N) is 1. The number of halogens is 1. The summed E-state index contributed by atoms with van der Waals surface area (Å²) in [6.07, 6.45) is 2.53. The van der Waals surface area contributed by atoms with Crippen molar-refractivity contribution in [1.82, 2.24) is 0 Å². The highest BCUT2D eigenvalue weighted by atomic mass is 35.5. The molecule has 1 aliphatic carbocycles. The van der Waals surface area contributed by atoms with Crippen LogP contribution in [0, 0.1) is 12.3 Å². The zero-order chi connectivity index (χ0) is 14.0. The lowest BCUT2D eigenvalue weighted by molar-refractivity contribution is -0.109. The predicted octanol–water partition coefficient (Wildman–Crippen LogP) is 4.65. The van der Waals surface area contributed by atoms with E-state index in [1.807, 2.05) is 6.07 Å². The molecule has 1 aromatic carbocycles. The summed E-state index contributed by atoms with van der Waals surface area (Å²) in [6.45, 7) is 9.44. The summed E-state index contributed by atoms with van der Waals surface area (Å²) in [6, 6.07) is 6.61. The fourth-order valence-corrected chi connectivity index (χ4v) is 3.19. The van der Waals surface area contributed by atoms with Crippen molar-refractivity contribution in [2.24, 2.45) is 5.41 Å². The van der Waals surface area contributed by atoms with Crippen molar-refractivity contribution >= 4 is 17.3 Å². The Morgan fingerprint density at radius 2 is 2.16 bits per heavy atom. The summed E-state index contributed by atoms with van der Waals surface area (Å²) in [5.74, 6) is 0. The van der Waals surface area contributed by atoms with E-state index in [4.69, 9.17) is 16.3 Å². The van der Waals surface area contributed by atoms with Crippen LogP contribution in [0.2, 0.25) is 5.02 Å². The van der Waals surface area contributed by atoms with E-state index in [0.717, 1.165) is 30.2 Å². The molecule has 2 nitrogen and oxygen atoms in total. The quantitative estimate of drug-likeness (QED) is 0.848. The SMILES string of the molecule is CCOC1CC(Nc2ccc(C)cc2Cl)C1(C)CC. The van der Waals surface area contributed by atoms with Crippen LogP contribution in [0.25, 0.3) is 0 Å². The Morgan fingerprint density at radius 1 is 1.42 bits per heavy atom. The van der Waals surface area contributed by atoms with Gasteiger partial charge in [0.05, 0.1) is 16.8 Å². The molecule has 1 saturated carbocycles. The molecule has 0 aromatic heterocycles. The molecule has 0 aliphatic heterocycles. The Hall–Kier alpha value is -0.730. The van der Waals surface area contributed by atoms with E-state index < -0.39 is 0 Å². The van der Waals surface area contributed by atoms with Gasteiger partial charge in [-0.25, -0.2) is 0 Å². The number of ether oxygens (including phenoxy) is 1. The second kappa shape index (κ2) is 5.72. The fraction of sp³-hybridized carbons (Fsp3) is 0.625. The van der Waals surface area contributed by atoms with Gasteiger partial charge in [0.1, 0.15) is 0 Å². The van der Waals surface area contributed by atoms with E-state index >= 15 is 0 Å². The van der Waals surface area contributed by atoms with Gasteiger partial charge in [-0.1, -0.05) is 31.5 Å². The third-order valence-electron chi connectivity index (χ3n) is 4.57. The lowest BCUT2D eigenvalue weighted by Gasteiger charge is -2.54. The maximum Gasteiger partial charge on any atom is 0.0667 e. The summed E-state index contributed by atoms with van der Waals surface area (Å²) in [5.41, 5.74) is 2.42. The molecular weight excluding hydrogens is 258 g/mol. The van der Waals surface area contributed by atoms with Gasteiger partial charge in [0.25, 0.3) is 0 Å². The molecule has 1 fully saturated rings. The van der Waals surface area contributed by atoms with Crippen LogP contribution >= 0.6 is 11.6 Å². The first-order valence-electron chi connectivity index (χ1n) is 7.15. The lowest BCUT2D eigenvalue weighted by Crippen LogP contribution is -2.59. The summed E-state index contributed by atoms with van der Waals surface area (Å²) in [4.78, 5) is 0. The van der Waals surface area contributed by atoms with Crippen LogP contribution in [0.15, 0.2) is 18.2 Å². The van der Waals surface area contributed by atoms with Crippen LogP contribution in [0.3, 0.4) is 0 Å². The summed E-state index contributed by atoms with van der Waals surface area (Å²) < 4.78 is 5.83. The molecule has 0 spiro atoms. The number of anilines is 1. The first-order valence-corrected chi connectivity index (χ1v) is 7.53. The van der Waals surface area contributed by atoms with Crippen LogP contribution in [-0.4, -0.2) is 18.8 Å². The van der Waals surface area contributed by atoms with Gasteiger partial charge < -0.3 is 10.1 Å². The highest BCUT2D eigenvalue weighted by Gasteiger charge is 2.51. The van der Waals surface area contributed by atoms with Gasteiger partial charge in [-0.3, -0.25) is 0 Å². The highest BCUT2D eigenvalue weighted by Crippen LogP contribution is 2.47. The Kier molecular flexibility index (Phi) is 4.42. The molecule has 3 atom stereocenters. The van der Waals surface area contributed by atoms with E-state index in [9.17, 15) is 0 Å². The molecule has 106 valence electrons. The number of benzene rings is 1. The average Bonchev–Trinajstić information content (AvgIpc) is 2.39. The van der Waals surface area contributed by atoms with E-state index in [2.05, 4.69) is 45.1 Å². The van der Waals surface area contributed by atoms with E-state index in [1.165, 1.54) is 5.56 Å². The smallest absolute Gasteiger partial charge is 0.0667 e. The minimum absolute atomic E-state index is 0.199. The van der Waals surface area contributed by atoms with Crippen molar-refractivity contribution in [2.45, 2.75) is 52.7 Å². The van der Waals surface area contributed by atoms with Crippen LogP contribution in [0.5, 0.6) is 0 Å². The topological polar surface area (TPSA) is 21.3 Å². The molecule has 0 amide bonds. The van der Waals surface area contributed by atoms with E-state index in [0.29, 0.717) is 12.1 Å². The monoisotopic (exact) mass is 281 g/mol. The molecule has 19 heavy (non-hydrogen) atoms. The van der Waals surface area contributed by atoms with Gasteiger partial charge in [0, 0.05) is 18.1 Å². The molecule has 3 unspecified atom stereocenters. The van der Waals surface area contributed by atoms with Gasteiger partial charge in [0.2, 0.25) is 0 Å². The van der Waals surface area contributed by atoms with E-state index in [1.54, 1.807) is 0 Å². The lowest BCUT2D eigenvalue weighted by atomic mass is 9.61. The second-order valence-electron chi connectivity index (χ2n) is 5.72. The molecule has 0 saturated heterocycles. The average molecular weight is 282 g/mol. The van der Waals surface area contributed by atoms with Gasteiger partial charge >= 0.3 is 0 Å². The van der Waals surface area contributed by atoms with Crippen molar-refractivity contribution in [2.75, 3.05) is 11.9 Å². The summed E-state index contributed by atoms with van der Waals surface area (Å²) in [7, 11) is 0. The van der Waals surface area contributed by atoms with Gasteiger partial charge in [-0.15, -0.1) is 0 Å². The molecule has 0 bridgehead atoms. The van der Waals surface area contributed by atoms with Crippen molar-refractivity contribution in [3.8, 4) is 0 Å². The largest absolute Gasteiger partial charge is 0.380 e. The van der Waals surface area contributed by atoms with Crippen molar-refractivity contribution in [3.63, 3.8) is 0 Å². The maximum atomic E-state index is 6.29. The van der Waals surface area contributed by atoms with E-state index in [-0.39, 0.29) is 5.41 Å². The molecule has 0 heterocycles. The van der Waals surface area contributed by atoms with Gasteiger partial charge in [0.15, 0.2) is 0 Å². The van der Waals surface area contributed by atoms with Crippen LogP contribution in [0.4, 0.5) is 5.69 Å². The standard InChI is InChI=1S/C16H24ClNO/c1-5-16(4)14(10-15(16)19-6-2)18-13-8-7-11(3)9-12(13)17/h7-9,14-15,18H,5-6,10H2,1-4H3. The Labute approximate surface area is 121 Å². The maximum absolute atomic E-state index is 6.29. The number of hydrogen-bond acceptors (Lipinski definition) is 2. The van der Waals surface area contributed by atoms with Crippen LogP contribution < -0.4 is 5.32 Å². The molecule has 0 radical (unpaired) electrons. The fourth-order valence-electron chi connectivity index (χ4n) is 2.90. The molecule has 1 aliphatic rings. The first kappa shape index (κ1) is 14.7. The Morgan fingerprint density at radius 3 is 2.74 bits per heavy atom. The second-order valence-corrected chi connectivity index (χ2v) is 6.13. The molecule has 3 heteroatoms. The van der Waals surface area contributed by atoms with Crippen LogP contribution in [-0.2, 0) is 4.74 Å². The number of aryl methyl sites for hydroxylation is 1. The Bertz CT molecular complexity index is 448. The first-order chi connectivity index (χ1) is 9.01. The minimum atomic E-state index is 0.199.